The Hall–Kier alpha value is -4.03. The Kier molecular flexibility index (Phi) is 4.85. The van der Waals surface area contributed by atoms with Gasteiger partial charge in [0, 0.05) is 42.0 Å². The van der Waals surface area contributed by atoms with Crippen molar-refractivity contribution >= 4 is 22.5 Å². The van der Waals surface area contributed by atoms with E-state index in [1.54, 1.807) is 0 Å². The van der Waals surface area contributed by atoms with E-state index in [0.29, 0.717) is 31.9 Å². The monoisotopic (exact) mass is 434 g/mol. The quantitative estimate of drug-likeness (QED) is 0.413. The van der Waals surface area contributed by atoms with Crippen LogP contribution in [0.1, 0.15) is 10.4 Å². The number of ether oxygens (including phenoxy) is 1. The highest BCUT2D eigenvalue weighted by atomic mass is 16.5. The molecule has 0 atom stereocenters. The fourth-order valence-corrected chi connectivity index (χ4v) is 4.35. The van der Waals surface area contributed by atoms with Gasteiger partial charge in [-0.1, -0.05) is 24.3 Å². The van der Waals surface area contributed by atoms with Crippen molar-refractivity contribution < 1.29 is 9.53 Å². The maximum Gasteiger partial charge on any atom is 0.254 e. The summed E-state index contributed by atoms with van der Waals surface area (Å²) in [6.45, 7) is 2.49. The summed E-state index contributed by atoms with van der Waals surface area (Å²) in [5, 5.41) is 1.10. The van der Waals surface area contributed by atoms with Crippen molar-refractivity contribution in [3.05, 3.63) is 90.9 Å². The fourth-order valence-electron chi connectivity index (χ4n) is 4.35. The zero-order valence-electron chi connectivity index (χ0n) is 18.0. The number of hydrogen-bond donors (Lipinski definition) is 0. The van der Waals surface area contributed by atoms with Crippen LogP contribution in [0.15, 0.2) is 85.3 Å². The first kappa shape index (κ1) is 19.6. The molecule has 6 nitrogen and oxygen atoms in total. The van der Waals surface area contributed by atoms with Gasteiger partial charge in [0.25, 0.3) is 5.91 Å². The summed E-state index contributed by atoms with van der Waals surface area (Å²) in [4.78, 5) is 23.6. The molecule has 3 aromatic heterocycles. The molecule has 0 unspecified atom stereocenters. The number of aromatic nitrogens is 3. The van der Waals surface area contributed by atoms with Crippen molar-refractivity contribution in [3.8, 4) is 22.4 Å². The Morgan fingerprint density at radius 3 is 2.48 bits per heavy atom. The molecule has 1 fully saturated rings. The van der Waals surface area contributed by atoms with Crippen LogP contribution in [-0.2, 0) is 4.74 Å². The molecule has 5 aromatic rings. The normalized spacial score (nSPS) is 14.1. The molecule has 1 aliphatic heterocycles. The van der Waals surface area contributed by atoms with E-state index in [-0.39, 0.29) is 5.91 Å². The molecule has 6 heteroatoms. The average molecular weight is 434 g/mol. The summed E-state index contributed by atoms with van der Waals surface area (Å²) in [5.74, 6) is 0.0583. The van der Waals surface area contributed by atoms with Crippen LogP contribution in [0, 0.1) is 0 Å². The van der Waals surface area contributed by atoms with Crippen molar-refractivity contribution in [2.45, 2.75) is 0 Å². The van der Waals surface area contributed by atoms with Gasteiger partial charge in [0.15, 0.2) is 0 Å². The van der Waals surface area contributed by atoms with Crippen LogP contribution in [-0.4, -0.2) is 51.5 Å². The molecule has 1 aliphatic rings. The number of carbonyl (C=O) groups excluding carboxylic acids is 1. The van der Waals surface area contributed by atoms with Crippen molar-refractivity contribution in [1.82, 2.24) is 19.3 Å². The van der Waals surface area contributed by atoms with Gasteiger partial charge in [-0.15, -0.1) is 0 Å². The molecule has 4 heterocycles. The number of nitrogens with zero attached hydrogens (tertiary/aromatic N) is 4. The van der Waals surface area contributed by atoms with Gasteiger partial charge in [0.05, 0.1) is 30.6 Å². The molecule has 0 bridgehead atoms. The second kappa shape index (κ2) is 8.15. The number of rotatable bonds is 3. The minimum atomic E-state index is 0.0583. The Morgan fingerprint density at radius 1 is 0.848 bits per heavy atom. The number of imidazole rings is 1. The predicted octanol–water partition coefficient (Wildman–Crippen LogP) is 4.69. The Balaban J connectivity index is 1.33. The van der Waals surface area contributed by atoms with Gasteiger partial charge < -0.3 is 9.64 Å². The van der Waals surface area contributed by atoms with E-state index in [4.69, 9.17) is 4.74 Å². The van der Waals surface area contributed by atoms with Gasteiger partial charge in [-0.25, -0.2) is 4.98 Å². The van der Waals surface area contributed by atoms with Gasteiger partial charge >= 0.3 is 0 Å². The summed E-state index contributed by atoms with van der Waals surface area (Å²) in [6, 6.07) is 22.2. The lowest BCUT2D eigenvalue weighted by Gasteiger charge is -2.26. The van der Waals surface area contributed by atoms with E-state index < -0.39 is 0 Å². The second-order valence-corrected chi connectivity index (χ2v) is 8.18. The zero-order valence-corrected chi connectivity index (χ0v) is 18.0. The van der Waals surface area contributed by atoms with E-state index >= 15 is 0 Å². The van der Waals surface area contributed by atoms with Crippen molar-refractivity contribution in [1.29, 1.82) is 0 Å². The molecule has 0 aliphatic carbocycles. The van der Waals surface area contributed by atoms with Crippen molar-refractivity contribution in [2.75, 3.05) is 26.3 Å². The van der Waals surface area contributed by atoms with Gasteiger partial charge in [-0.2, -0.15) is 0 Å². The second-order valence-electron chi connectivity index (χ2n) is 8.18. The van der Waals surface area contributed by atoms with E-state index in [9.17, 15) is 4.79 Å². The molecule has 0 spiro atoms. The van der Waals surface area contributed by atoms with Crippen LogP contribution in [0.4, 0.5) is 0 Å². The number of hydrogen-bond acceptors (Lipinski definition) is 4. The lowest BCUT2D eigenvalue weighted by Crippen LogP contribution is -2.40. The summed E-state index contributed by atoms with van der Waals surface area (Å²) >= 11 is 0. The standard InChI is InChI=1S/C27H22N4O2/c32-27(30-12-14-33-15-13-30)20-5-3-19(4-6-20)23-8-10-26-29-17-25(31(26)18-23)22-7-9-24-21(16-22)2-1-11-28-24/h1-11,16-18H,12-15H2. The van der Waals surface area contributed by atoms with Gasteiger partial charge in [-0.3, -0.25) is 14.2 Å². The van der Waals surface area contributed by atoms with Crippen LogP contribution in [0.5, 0.6) is 0 Å². The van der Waals surface area contributed by atoms with Crippen molar-refractivity contribution in [2.24, 2.45) is 0 Å². The third-order valence-corrected chi connectivity index (χ3v) is 6.17. The Morgan fingerprint density at radius 2 is 1.64 bits per heavy atom. The van der Waals surface area contributed by atoms with E-state index in [1.807, 2.05) is 59.8 Å². The van der Waals surface area contributed by atoms with Gasteiger partial charge in [0.1, 0.15) is 5.65 Å². The highest BCUT2D eigenvalue weighted by Gasteiger charge is 2.18. The van der Waals surface area contributed by atoms with E-state index in [2.05, 4.69) is 44.8 Å². The minimum absolute atomic E-state index is 0.0583. The molecule has 0 N–H and O–H groups in total. The molecule has 6 rings (SSSR count). The Labute approximate surface area is 191 Å². The van der Waals surface area contributed by atoms with Crippen LogP contribution >= 0.6 is 0 Å². The SMILES string of the molecule is O=C(c1ccc(-c2ccc3ncc(-c4ccc5ncccc5c4)n3c2)cc1)N1CCOCC1. The highest BCUT2D eigenvalue weighted by molar-refractivity contribution is 5.94. The van der Waals surface area contributed by atoms with E-state index in [1.165, 1.54) is 0 Å². The summed E-state index contributed by atoms with van der Waals surface area (Å²) in [6.07, 6.45) is 5.81. The molecule has 162 valence electrons. The topological polar surface area (TPSA) is 59.7 Å². The Bertz CT molecular complexity index is 1470. The number of morpholine rings is 1. The third kappa shape index (κ3) is 3.64. The van der Waals surface area contributed by atoms with Crippen LogP contribution in [0.3, 0.4) is 0 Å². The van der Waals surface area contributed by atoms with E-state index in [0.717, 1.165) is 38.9 Å². The highest BCUT2D eigenvalue weighted by Crippen LogP contribution is 2.27. The molecule has 2 aromatic carbocycles. The fraction of sp³-hybridized carbons (Fsp3) is 0.148. The molecule has 1 saturated heterocycles. The van der Waals surface area contributed by atoms with Gasteiger partial charge in [-0.05, 0) is 53.6 Å². The van der Waals surface area contributed by atoms with Crippen LogP contribution in [0.25, 0.3) is 38.9 Å². The van der Waals surface area contributed by atoms with Crippen LogP contribution < -0.4 is 0 Å². The lowest BCUT2D eigenvalue weighted by atomic mass is 10.0. The number of pyridine rings is 2. The van der Waals surface area contributed by atoms with Gasteiger partial charge in [0.2, 0.25) is 0 Å². The molecule has 33 heavy (non-hydrogen) atoms. The maximum atomic E-state index is 12.7. The number of carbonyl (C=O) groups is 1. The molecule has 1 amide bonds. The predicted molar refractivity (Wildman–Crippen MR) is 128 cm³/mol. The molecular formula is C27H22N4O2. The average Bonchev–Trinajstić information content (AvgIpc) is 3.32. The van der Waals surface area contributed by atoms with Crippen molar-refractivity contribution in [3.63, 3.8) is 0 Å². The molecular weight excluding hydrogens is 412 g/mol. The minimum Gasteiger partial charge on any atom is -0.378 e. The summed E-state index contributed by atoms with van der Waals surface area (Å²) < 4.78 is 7.46. The third-order valence-electron chi connectivity index (χ3n) is 6.17. The number of fused-ring (bicyclic) bond motifs is 2. The lowest BCUT2D eigenvalue weighted by molar-refractivity contribution is 0.0303. The molecule has 0 radical (unpaired) electrons. The summed E-state index contributed by atoms with van der Waals surface area (Å²) in [7, 11) is 0. The van der Waals surface area contributed by atoms with Crippen LogP contribution in [0.2, 0.25) is 0 Å². The largest absolute Gasteiger partial charge is 0.378 e. The first-order valence-electron chi connectivity index (χ1n) is 11.1. The number of benzene rings is 2. The zero-order chi connectivity index (χ0) is 22.2. The first-order valence-corrected chi connectivity index (χ1v) is 11.1. The number of amides is 1. The summed E-state index contributed by atoms with van der Waals surface area (Å²) in [5.41, 5.74) is 6.80. The maximum absolute atomic E-state index is 12.7. The molecule has 0 saturated carbocycles. The smallest absolute Gasteiger partial charge is 0.254 e. The first-order chi connectivity index (χ1) is 16.3.